The molecule has 2 rings (SSSR count). The van der Waals surface area contributed by atoms with E-state index in [1.165, 1.54) is 12.3 Å². The van der Waals surface area contributed by atoms with E-state index in [2.05, 4.69) is 10.3 Å². The fourth-order valence-corrected chi connectivity index (χ4v) is 2.16. The number of nitrogens with one attached hydrogen (secondary N) is 1. The maximum atomic E-state index is 14.1. The Labute approximate surface area is 111 Å². The zero-order valence-electron chi connectivity index (χ0n) is 11.4. The third kappa shape index (κ3) is 2.53. The number of nitrogens with zero attached hydrogens (tertiary/aromatic N) is 2. The van der Waals surface area contributed by atoms with Gasteiger partial charge in [-0.25, -0.2) is 9.37 Å². The third-order valence-corrected chi connectivity index (χ3v) is 3.25. The number of anilines is 1. The van der Waals surface area contributed by atoms with Crippen molar-refractivity contribution in [3.63, 3.8) is 0 Å². The van der Waals surface area contributed by atoms with Crippen molar-refractivity contribution < 1.29 is 13.9 Å². The molecule has 0 bridgehead atoms. The summed E-state index contributed by atoms with van der Waals surface area (Å²) in [5, 5.41) is 2.63. The van der Waals surface area contributed by atoms with Crippen LogP contribution >= 0.6 is 0 Å². The molecule has 0 aliphatic carbocycles. The topological polar surface area (TPSA) is 54.5 Å². The summed E-state index contributed by atoms with van der Waals surface area (Å²) in [5.74, 6) is -0.862. The van der Waals surface area contributed by atoms with E-state index in [0.717, 1.165) is 0 Å². The molecule has 0 atom stereocenters. The maximum Gasteiger partial charge on any atom is 0.257 e. The van der Waals surface area contributed by atoms with Crippen LogP contribution in [0.15, 0.2) is 12.3 Å². The van der Waals surface area contributed by atoms with Gasteiger partial charge in [0.05, 0.1) is 24.3 Å². The molecule has 1 aromatic heterocycles. The summed E-state index contributed by atoms with van der Waals surface area (Å²) in [5.41, 5.74) is -0.403. The van der Waals surface area contributed by atoms with Gasteiger partial charge in [0.25, 0.3) is 5.91 Å². The van der Waals surface area contributed by atoms with Crippen molar-refractivity contribution in [2.75, 3.05) is 32.1 Å². The molecule has 6 heteroatoms. The highest BCUT2D eigenvalue weighted by Crippen LogP contribution is 2.24. The summed E-state index contributed by atoms with van der Waals surface area (Å²) >= 11 is 0. The average molecular weight is 267 g/mol. The zero-order chi connectivity index (χ0) is 14.0. The lowest BCUT2D eigenvalue weighted by molar-refractivity contribution is -0.0372. The Balaban J connectivity index is 2.34. The summed E-state index contributed by atoms with van der Waals surface area (Å²) in [6, 6.07) is 1.41. The molecule has 0 saturated carbocycles. The Kier molecular flexibility index (Phi) is 3.71. The van der Waals surface area contributed by atoms with Gasteiger partial charge in [-0.05, 0) is 19.9 Å². The molecule has 1 saturated heterocycles. The molecule has 2 heterocycles. The smallest absolute Gasteiger partial charge is 0.257 e. The molecule has 1 fully saturated rings. The van der Waals surface area contributed by atoms with E-state index >= 15 is 0 Å². The van der Waals surface area contributed by atoms with E-state index in [0.29, 0.717) is 19.8 Å². The van der Waals surface area contributed by atoms with Crippen LogP contribution in [-0.2, 0) is 4.74 Å². The van der Waals surface area contributed by atoms with Gasteiger partial charge in [-0.15, -0.1) is 0 Å². The number of hydrogen-bond donors (Lipinski definition) is 1. The van der Waals surface area contributed by atoms with Gasteiger partial charge in [-0.1, -0.05) is 0 Å². The Hall–Kier alpha value is -1.69. The quantitative estimate of drug-likeness (QED) is 0.882. The lowest BCUT2D eigenvalue weighted by Gasteiger charge is -2.42. The molecule has 1 amide bonds. The van der Waals surface area contributed by atoms with E-state index in [1.54, 1.807) is 11.9 Å². The van der Waals surface area contributed by atoms with Crippen LogP contribution in [0.2, 0.25) is 0 Å². The summed E-state index contributed by atoms with van der Waals surface area (Å²) < 4.78 is 19.5. The fraction of sp³-hybridized carbons (Fsp3) is 0.538. The van der Waals surface area contributed by atoms with E-state index in [1.807, 2.05) is 13.8 Å². The number of carbonyl (C=O) groups is 1. The van der Waals surface area contributed by atoms with Crippen LogP contribution in [0.5, 0.6) is 0 Å². The summed E-state index contributed by atoms with van der Waals surface area (Å²) in [6.07, 6.45) is 1.43. The maximum absolute atomic E-state index is 14.1. The molecular formula is C13H18FN3O2. The predicted molar refractivity (Wildman–Crippen MR) is 69.7 cm³/mol. The lowest BCUT2D eigenvalue weighted by atomic mass is 10.0. The zero-order valence-corrected chi connectivity index (χ0v) is 11.4. The SMILES string of the molecule is CNc1nccc(C(=O)N2CCOCC2(C)C)c1F. The predicted octanol–water partition coefficient (Wildman–Crippen LogP) is 1.51. The summed E-state index contributed by atoms with van der Waals surface area (Å²) in [4.78, 5) is 18.0. The second kappa shape index (κ2) is 5.13. The molecule has 0 radical (unpaired) electrons. The Morgan fingerprint density at radius 3 is 2.95 bits per heavy atom. The van der Waals surface area contributed by atoms with Gasteiger partial charge >= 0.3 is 0 Å². The Bertz CT molecular complexity index is 491. The van der Waals surface area contributed by atoms with E-state index in [-0.39, 0.29) is 17.3 Å². The number of aromatic nitrogens is 1. The first-order chi connectivity index (χ1) is 8.97. The van der Waals surface area contributed by atoms with Crippen LogP contribution in [-0.4, -0.2) is 48.1 Å². The number of carbonyl (C=O) groups excluding carboxylic acids is 1. The number of amides is 1. The molecule has 0 aromatic carbocycles. The largest absolute Gasteiger partial charge is 0.377 e. The van der Waals surface area contributed by atoms with Crippen LogP contribution < -0.4 is 5.32 Å². The highest BCUT2D eigenvalue weighted by molar-refractivity contribution is 5.95. The Morgan fingerprint density at radius 2 is 2.32 bits per heavy atom. The highest BCUT2D eigenvalue weighted by atomic mass is 19.1. The van der Waals surface area contributed by atoms with Gasteiger partial charge in [-0.2, -0.15) is 0 Å². The standard InChI is InChI=1S/C13H18FN3O2/c1-13(2)8-19-7-6-17(13)12(18)9-4-5-16-11(15-3)10(9)14/h4-5H,6-8H2,1-3H3,(H,15,16). The number of halogens is 1. The molecule has 1 aliphatic rings. The molecule has 5 nitrogen and oxygen atoms in total. The number of ether oxygens (including phenoxy) is 1. The highest BCUT2D eigenvalue weighted by Gasteiger charge is 2.35. The first kappa shape index (κ1) is 13.7. The molecule has 0 spiro atoms. The summed E-state index contributed by atoms with van der Waals surface area (Å²) in [7, 11) is 1.57. The van der Waals surface area contributed by atoms with Crippen molar-refractivity contribution in [2.45, 2.75) is 19.4 Å². The first-order valence-corrected chi connectivity index (χ1v) is 6.19. The molecule has 104 valence electrons. The van der Waals surface area contributed by atoms with Crippen molar-refractivity contribution in [1.29, 1.82) is 0 Å². The minimum atomic E-state index is -0.614. The molecule has 1 N–H and O–H groups in total. The van der Waals surface area contributed by atoms with Gasteiger partial charge in [-0.3, -0.25) is 4.79 Å². The van der Waals surface area contributed by atoms with Gasteiger partial charge in [0.15, 0.2) is 11.6 Å². The minimum Gasteiger partial charge on any atom is -0.377 e. The van der Waals surface area contributed by atoms with E-state index in [9.17, 15) is 9.18 Å². The molecule has 1 aromatic rings. The second-order valence-corrected chi connectivity index (χ2v) is 5.09. The second-order valence-electron chi connectivity index (χ2n) is 5.09. The molecule has 1 aliphatic heterocycles. The normalized spacial score (nSPS) is 18.2. The van der Waals surface area contributed by atoms with Gasteiger partial charge < -0.3 is 15.0 Å². The number of hydrogen-bond acceptors (Lipinski definition) is 4. The lowest BCUT2D eigenvalue weighted by Crippen LogP contribution is -2.55. The van der Waals surface area contributed by atoms with Crippen LogP contribution in [0.1, 0.15) is 24.2 Å². The van der Waals surface area contributed by atoms with Crippen molar-refractivity contribution >= 4 is 11.7 Å². The summed E-state index contributed by atoms with van der Waals surface area (Å²) in [6.45, 7) is 5.19. The van der Waals surface area contributed by atoms with Crippen LogP contribution in [0.3, 0.4) is 0 Å². The average Bonchev–Trinajstić information content (AvgIpc) is 2.38. The van der Waals surface area contributed by atoms with Crippen molar-refractivity contribution in [2.24, 2.45) is 0 Å². The minimum absolute atomic E-state index is 0.0364. The van der Waals surface area contributed by atoms with Crippen molar-refractivity contribution in [3.05, 3.63) is 23.6 Å². The molecular weight excluding hydrogens is 249 g/mol. The molecule has 0 unspecified atom stereocenters. The fourth-order valence-electron chi connectivity index (χ4n) is 2.16. The third-order valence-electron chi connectivity index (χ3n) is 3.25. The Morgan fingerprint density at radius 1 is 1.58 bits per heavy atom. The monoisotopic (exact) mass is 267 g/mol. The first-order valence-electron chi connectivity index (χ1n) is 6.19. The number of rotatable bonds is 2. The van der Waals surface area contributed by atoms with Crippen molar-refractivity contribution in [3.8, 4) is 0 Å². The van der Waals surface area contributed by atoms with E-state index in [4.69, 9.17) is 4.74 Å². The van der Waals surface area contributed by atoms with E-state index < -0.39 is 11.4 Å². The molecule has 19 heavy (non-hydrogen) atoms. The van der Waals surface area contributed by atoms with Crippen LogP contribution in [0.25, 0.3) is 0 Å². The number of pyridine rings is 1. The number of morpholine rings is 1. The van der Waals surface area contributed by atoms with Gasteiger partial charge in [0, 0.05) is 19.8 Å². The van der Waals surface area contributed by atoms with Crippen LogP contribution in [0, 0.1) is 5.82 Å². The van der Waals surface area contributed by atoms with Gasteiger partial charge in [0.1, 0.15) is 0 Å². The van der Waals surface area contributed by atoms with Crippen molar-refractivity contribution in [1.82, 2.24) is 9.88 Å². The van der Waals surface area contributed by atoms with Crippen LogP contribution in [0.4, 0.5) is 10.2 Å². The van der Waals surface area contributed by atoms with Gasteiger partial charge in [0.2, 0.25) is 0 Å².